The van der Waals surface area contributed by atoms with Crippen LogP contribution in [0.4, 0.5) is 0 Å². The van der Waals surface area contributed by atoms with E-state index in [0.717, 1.165) is 0 Å². The Morgan fingerprint density at radius 2 is 0.574 bits per heavy atom. The fourth-order valence-corrected chi connectivity index (χ4v) is 12.1. The van der Waals surface area contributed by atoms with Crippen molar-refractivity contribution in [2.75, 3.05) is 0 Å². The summed E-state index contributed by atoms with van der Waals surface area (Å²) in [5, 5.41) is 20.7. The molecule has 0 amide bonds. The van der Waals surface area contributed by atoms with Crippen molar-refractivity contribution in [2.45, 2.75) is 27.7 Å². The molecule has 14 rings (SSSR count). The Hall–Kier alpha value is -8.46. The molecule has 0 saturated heterocycles. The van der Waals surface area contributed by atoms with Crippen LogP contribution in [0.3, 0.4) is 0 Å². The van der Waals surface area contributed by atoms with Crippen molar-refractivity contribution in [3.8, 4) is 33.6 Å². The van der Waals surface area contributed by atoms with Crippen molar-refractivity contribution in [3.05, 3.63) is 229 Å². The lowest BCUT2D eigenvalue weighted by Gasteiger charge is -2.17. The van der Waals surface area contributed by atoms with Gasteiger partial charge >= 0.3 is 0 Å². The predicted octanol–water partition coefficient (Wildman–Crippen LogP) is 18.2. The molecule has 14 aromatic rings. The highest BCUT2D eigenvalue weighted by atomic mass is 15.0. The van der Waals surface area contributed by atoms with Crippen LogP contribution in [0.2, 0.25) is 0 Å². The molecule has 0 aliphatic carbocycles. The Balaban J connectivity index is 0.989. The quantitative estimate of drug-likeness (QED) is 0.156. The summed E-state index contributed by atoms with van der Waals surface area (Å²) < 4.78 is 5.05. The summed E-state index contributed by atoms with van der Waals surface area (Å²) in [6.45, 7) is 9.27. The lowest BCUT2D eigenvalue weighted by molar-refractivity contribution is 1.04. The number of fused-ring (bicyclic) bond motifs is 17. The Morgan fingerprint density at radius 3 is 0.956 bits per heavy atom. The van der Waals surface area contributed by atoms with Crippen LogP contribution in [0.25, 0.3) is 131 Å². The molecule has 0 N–H and O–H groups in total. The zero-order valence-corrected chi connectivity index (χ0v) is 38.5. The Morgan fingerprint density at radius 1 is 0.265 bits per heavy atom. The van der Waals surface area contributed by atoms with Gasteiger partial charge in [-0.15, -0.1) is 0 Å². The molecule has 0 spiro atoms. The Labute approximate surface area is 394 Å². The molecule has 68 heavy (non-hydrogen) atoms. The van der Waals surface area contributed by atoms with Crippen LogP contribution >= 0.6 is 0 Å². The highest BCUT2D eigenvalue weighted by Gasteiger charge is 2.26. The molecule has 2 aromatic heterocycles. The normalized spacial score (nSPS) is 12.1. The number of hydrogen-bond acceptors (Lipinski definition) is 0. The molecule has 0 atom stereocenters. The maximum Gasteiger partial charge on any atom is 0.0619 e. The fourth-order valence-electron chi connectivity index (χ4n) is 12.1. The standard InChI is InChI=1S/C66H46N2/c1-39-41(3)67(47-33-29-43(30-34-47)59-37-45-17-5-7-19-49(45)51-21-9-11-23-53(51)59)65-57-27-15-14-26-56(57)64-62-40(2)42(4)68(66(62)58-28-16-13-25-55(58)63(64)61(39)65)48-35-31-44(32-36-48)60-38-46-18-6-8-20-50(46)52-22-10-12-24-54(52)60/h5-38H,1-4H3. The second-order valence-corrected chi connectivity index (χ2v) is 18.9. The van der Waals surface area contributed by atoms with Crippen LogP contribution in [-0.4, -0.2) is 9.13 Å². The first-order valence-corrected chi connectivity index (χ1v) is 23.9. The average molecular weight is 867 g/mol. The van der Waals surface area contributed by atoms with E-state index < -0.39 is 0 Å². The van der Waals surface area contributed by atoms with Crippen LogP contribution in [0, 0.1) is 27.7 Å². The largest absolute Gasteiger partial charge is 0.313 e. The molecule has 0 aliphatic heterocycles. The van der Waals surface area contributed by atoms with Crippen molar-refractivity contribution in [3.63, 3.8) is 0 Å². The van der Waals surface area contributed by atoms with Gasteiger partial charge in [-0.2, -0.15) is 0 Å². The van der Waals surface area contributed by atoms with Gasteiger partial charge in [-0.05, 0) is 151 Å². The van der Waals surface area contributed by atoms with E-state index in [-0.39, 0.29) is 0 Å². The third-order valence-corrected chi connectivity index (χ3v) is 15.5. The first-order valence-electron chi connectivity index (χ1n) is 23.9. The summed E-state index contributed by atoms with van der Waals surface area (Å²) in [6.07, 6.45) is 0. The van der Waals surface area contributed by atoms with Gasteiger partial charge < -0.3 is 9.13 Å². The second-order valence-electron chi connectivity index (χ2n) is 18.9. The van der Waals surface area contributed by atoms with Crippen LogP contribution in [0.1, 0.15) is 22.5 Å². The van der Waals surface area contributed by atoms with Crippen molar-refractivity contribution >= 4 is 97.2 Å². The van der Waals surface area contributed by atoms with Crippen LogP contribution in [0.15, 0.2) is 206 Å². The van der Waals surface area contributed by atoms with Crippen LogP contribution in [-0.2, 0) is 0 Å². The first-order chi connectivity index (χ1) is 33.4. The molecule has 320 valence electrons. The maximum atomic E-state index is 2.53. The molecular formula is C66H46N2. The van der Waals surface area contributed by atoms with E-state index in [2.05, 4.69) is 243 Å². The average Bonchev–Trinajstić information content (AvgIpc) is 3.82. The molecule has 12 aromatic carbocycles. The highest BCUT2D eigenvalue weighted by molar-refractivity contribution is 6.40. The molecule has 2 heteroatoms. The molecule has 0 saturated carbocycles. The van der Waals surface area contributed by atoms with Crippen molar-refractivity contribution in [2.24, 2.45) is 0 Å². The second kappa shape index (κ2) is 14.5. The summed E-state index contributed by atoms with van der Waals surface area (Å²) in [7, 11) is 0. The smallest absolute Gasteiger partial charge is 0.0619 e. The van der Waals surface area contributed by atoms with E-state index in [1.54, 1.807) is 0 Å². The van der Waals surface area contributed by atoms with Crippen molar-refractivity contribution in [1.82, 2.24) is 9.13 Å². The maximum absolute atomic E-state index is 2.53. The van der Waals surface area contributed by atoms with Crippen LogP contribution in [0.5, 0.6) is 0 Å². The summed E-state index contributed by atoms with van der Waals surface area (Å²) in [6, 6.07) is 76.7. The van der Waals surface area contributed by atoms with Crippen molar-refractivity contribution in [1.29, 1.82) is 0 Å². The van der Waals surface area contributed by atoms with E-state index >= 15 is 0 Å². The van der Waals surface area contributed by atoms with E-state index in [4.69, 9.17) is 0 Å². The minimum Gasteiger partial charge on any atom is -0.313 e. The third kappa shape index (κ3) is 5.34. The van der Waals surface area contributed by atoms with Gasteiger partial charge in [0.05, 0.1) is 11.0 Å². The van der Waals surface area contributed by atoms with E-state index in [1.807, 2.05) is 0 Å². The lowest BCUT2D eigenvalue weighted by Crippen LogP contribution is -1.98. The molecule has 0 aliphatic rings. The number of nitrogens with zero attached hydrogens (tertiary/aromatic N) is 2. The predicted molar refractivity (Wildman–Crippen MR) is 292 cm³/mol. The SMILES string of the molecule is Cc1c(C)n(-c2ccc(-c3cc4ccccc4c4ccccc34)cc2)c2c3ccccc3c3c4c(C)c(C)n(-c5ccc(-c6cc7ccccc7c7ccccc67)cc5)c4c4ccccc4c3c12. The number of hydrogen-bond donors (Lipinski definition) is 0. The molecule has 0 radical (unpaired) electrons. The van der Waals surface area contributed by atoms with Crippen LogP contribution < -0.4 is 0 Å². The first kappa shape index (κ1) is 38.8. The van der Waals surface area contributed by atoms with Gasteiger partial charge in [0.1, 0.15) is 0 Å². The summed E-state index contributed by atoms with van der Waals surface area (Å²) >= 11 is 0. The van der Waals surface area contributed by atoms with Gasteiger partial charge in [-0.1, -0.05) is 170 Å². The summed E-state index contributed by atoms with van der Waals surface area (Å²) in [5.74, 6) is 0. The number of aromatic nitrogens is 2. The van der Waals surface area contributed by atoms with Gasteiger partial charge in [0.25, 0.3) is 0 Å². The van der Waals surface area contributed by atoms with Gasteiger partial charge in [0.2, 0.25) is 0 Å². The van der Waals surface area contributed by atoms with Gasteiger partial charge in [0, 0.05) is 55.1 Å². The van der Waals surface area contributed by atoms with Crippen molar-refractivity contribution < 1.29 is 0 Å². The monoisotopic (exact) mass is 866 g/mol. The summed E-state index contributed by atoms with van der Waals surface area (Å²) in [5.41, 5.74) is 15.0. The molecule has 2 heterocycles. The molecule has 2 nitrogen and oxygen atoms in total. The fraction of sp³-hybridized carbons (Fsp3) is 0.0606. The minimum absolute atomic E-state index is 1.17. The lowest BCUT2D eigenvalue weighted by atomic mass is 9.89. The van der Waals surface area contributed by atoms with Gasteiger partial charge in [-0.25, -0.2) is 0 Å². The van der Waals surface area contributed by atoms with Gasteiger partial charge in [-0.3, -0.25) is 0 Å². The van der Waals surface area contributed by atoms with E-state index in [9.17, 15) is 0 Å². The summed E-state index contributed by atoms with van der Waals surface area (Å²) in [4.78, 5) is 0. The Kier molecular flexibility index (Phi) is 8.28. The highest BCUT2D eigenvalue weighted by Crippen LogP contribution is 2.49. The Bertz CT molecular complexity index is 4160. The van der Waals surface area contributed by atoms with E-state index in [0.29, 0.717) is 0 Å². The number of rotatable bonds is 4. The zero-order valence-electron chi connectivity index (χ0n) is 38.5. The third-order valence-electron chi connectivity index (χ3n) is 15.5. The molecular weight excluding hydrogens is 821 g/mol. The topological polar surface area (TPSA) is 9.86 Å². The van der Waals surface area contributed by atoms with Gasteiger partial charge in [0.15, 0.2) is 0 Å². The molecule has 0 unspecified atom stereocenters. The van der Waals surface area contributed by atoms with E-state index in [1.165, 1.54) is 153 Å². The zero-order chi connectivity index (χ0) is 45.4. The minimum atomic E-state index is 1.17. The number of benzene rings is 12. The molecule has 0 bridgehead atoms. The number of aryl methyl sites for hydroxylation is 2. The molecule has 0 fully saturated rings.